The van der Waals surface area contributed by atoms with E-state index in [2.05, 4.69) is 85.9 Å². The van der Waals surface area contributed by atoms with E-state index >= 15 is 0 Å². The molecule has 8 nitrogen and oxygen atoms in total. The fourth-order valence-corrected chi connectivity index (χ4v) is 3.41. The lowest BCUT2D eigenvalue weighted by molar-refractivity contribution is -0.694. The van der Waals surface area contributed by atoms with Crippen LogP contribution < -0.4 is 9.13 Å². The van der Waals surface area contributed by atoms with Crippen molar-refractivity contribution in [1.29, 1.82) is 0 Å². The van der Waals surface area contributed by atoms with Gasteiger partial charge in [0, 0.05) is 23.3 Å². The molecule has 0 N–H and O–H groups in total. The van der Waals surface area contributed by atoms with Gasteiger partial charge in [0.05, 0.1) is 9.79 Å². The van der Waals surface area contributed by atoms with Crippen molar-refractivity contribution >= 4 is 20.2 Å². The molecular formula is C22H28N2O6S2. The van der Waals surface area contributed by atoms with Crippen molar-refractivity contribution in [3.63, 3.8) is 0 Å². The van der Waals surface area contributed by atoms with E-state index in [0.29, 0.717) is 0 Å². The van der Waals surface area contributed by atoms with Crippen LogP contribution in [0.5, 0.6) is 0 Å². The van der Waals surface area contributed by atoms with Crippen molar-refractivity contribution in [2.75, 3.05) is 0 Å². The number of hydrogen-bond donors (Lipinski definition) is 0. The van der Waals surface area contributed by atoms with Gasteiger partial charge < -0.3 is 9.11 Å². The van der Waals surface area contributed by atoms with Gasteiger partial charge in [-0.05, 0) is 64.1 Å². The summed E-state index contributed by atoms with van der Waals surface area (Å²) < 4.78 is 66.8. The van der Waals surface area contributed by atoms with Gasteiger partial charge in [-0.1, -0.05) is 0 Å². The van der Waals surface area contributed by atoms with E-state index in [-0.39, 0.29) is 0 Å². The standard InChI is InChI=1S/2C8H12N.C6H6O6S2/c2*1-3-9-6-4-5-8(2)7-9;7-13(8,9)5-1-2-6(4-3-5)14(10,11)12/h2*4-7H,3H2,1-2H3;1-4H,(H,7,8,9)(H,10,11,12)/q2*+1;/p-2. The van der Waals surface area contributed by atoms with Gasteiger partial charge in [0.1, 0.15) is 33.3 Å². The molecule has 0 saturated carbocycles. The van der Waals surface area contributed by atoms with Gasteiger partial charge in [-0.3, -0.25) is 0 Å². The Hall–Kier alpha value is -2.66. The van der Waals surface area contributed by atoms with Crippen LogP contribution in [0, 0.1) is 13.8 Å². The molecule has 0 saturated heterocycles. The average molecular weight is 481 g/mol. The summed E-state index contributed by atoms with van der Waals surface area (Å²) in [6.07, 6.45) is 8.43. The molecule has 2 aromatic heterocycles. The van der Waals surface area contributed by atoms with Gasteiger partial charge >= 0.3 is 0 Å². The van der Waals surface area contributed by atoms with Crippen molar-refractivity contribution in [3.8, 4) is 0 Å². The predicted molar refractivity (Wildman–Crippen MR) is 116 cm³/mol. The molecule has 3 aromatic rings. The van der Waals surface area contributed by atoms with Gasteiger partial charge in [0.15, 0.2) is 24.8 Å². The van der Waals surface area contributed by atoms with Gasteiger partial charge in [-0.25, -0.2) is 26.0 Å². The van der Waals surface area contributed by atoms with Crippen LogP contribution in [0.15, 0.2) is 83.1 Å². The minimum Gasteiger partial charge on any atom is -0.744 e. The largest absolute Gasteiger partial charge is 0.744 e. The minimum absolute atomic E-state index is 0.579. The van der Waals surface area contributed by atoms with Crippen LogP contribution in [0.2, 0.25) is 0 Å². The van der Waals surface area contributed by atoms with Crippen LogP contribution in [0.3, 0.4) is 0 Å². The topological polar surface area (TPSA) is 122 Å². The Morgan fingerprint density at radius 1 is 0.656 bits per heavy atom. The van der Waals surface area contributed by atoms with Crippen molar-refractivity contribution in [1.82, 2.24) is 0 Å². The van der Waals surface area contributed by atoms with E-state index in [0.717, 1.165) is 37.4 Å². The van der Waals surface area contributed by atoms with Crippen LogP contribution in [0.25, 0.3) is 0 Å². The van der Waals surface area contributed by atoms with Gasteiger partial charge in [-0.2, -0.15) is 0 Å². The summed E-state index contributed by atoms with van der Waals surface area (Å²) in [5, 5.41) is 0. The fraction of sp³-hybridized carbons (Fsp3) is 0.273. The normalized spacial score (nSPS) is 10.9. The molecule has 0 bridgehead atoms. The molecule has 0 aliphatic rings. The summed E-state index contributed by atoms with van der Waals surface area (Å²) in [6, 6.07) is 11.4. The number of pyridine rings is 2. The molecule has 10 heteroatoms. The second kappa shape index (κ2) is 12.4. The Morgan fingerprint density at radius 2 is 0.969 bits per heavy atom. The molecule has 0 amide bonds. The number of aromatic nitrogens is 2. The average Bonchev–Trinajstić information content (AvgIpc) is 2.73. The number of aryl methyl sites for hydroxylation is 4. The summed E-state index contributed by atoms with van der Waals surface area (Å²) in [4.78, 5) is -1.16. The summed E-state index contributed by atoms with van der Waals surface area (Å²) in [5.41, 5.74) is 2.64. The highest BCUT2D eigenvalue weighted by Crippen LogP contribution is 2.13. The minimum atomic E-state index is -4.61. The van der Waals surface area contributed by atoms with Crippen LogP contribution in [0.1, 0.15) is 25.0 Å². The highest BCUT2D eigenvalue weighted by atomic mass is 32.2. The molecule has 0 radical (unpaired) electrons. The van der Waals surface area contributed by atoms with Crippen molar-refractivity contribution in [2.24, 2.45) is 0 Å². The van der Waals surface area contributed by atoms with E-state index in [1.165, 1.54) is 11.1 Å². The summed E-state index contributed by atoms with van der Waals surface area (Å²) in [6.45, 7) is 10.6. The molecule has 1 aromatic carbocycles. The molecule has 32 heavy (non-hydrogen) atoms. The molecule has 0 fully saturated rings. The lowest BCUT2D eigenvalue weighted by atomic mass is 10.3. The van der Waals surface area contributed by atoms with E-state index in [4.69, 9.17) is 0 Å². The Labute approximate surface area is 190 Å². The highest BCUT2D eigenvalue weighted by molar-refractivity contribution is 7.86. The van der Waals surface area contributed by atoms with Gasteiger partial charge in [0.25, 0.3) is 0 Å². The van der Waals surface area contributed by atoms with Gasteiger partial charge in [0.2, 0.25) is 0 Å². The van der Waals surface area contributed by atoms with Crippen LogP contribution in [-0.4, -0.2) is 25.9 Å². The molecule has 0 aliphatic carbocycles. The first-order valence-corrected chi connectivity index (χ1v) is 12.6. The maximum atomic E-state index is 10.4. The summed E-state index contributed by atoms with van der Waals surface area (Å²) in [5.74, 6) is 0. The quantitative estimate of drug-likeness (QED) is 0.416. The molecular weight excluding hydrogens is 452 g/mol. The monoisotopic (exact) mass is 480 g/mol. The second-order valence-corrected chi connectivity index (χ2v) is 9.56. The van der Waals surface area contributed by atoms with Crippen molar-refractivity contribution in [2.45, 2.75) is 50.6 Å². The SMILES string of the molecule is CC[n+]1cccc(C)c1.CC[n+]1cccc(C)c1.O=S(=O)([O-])c1ccc(S(=O)(=O)[O-])cc1. The molecule has 3 rings (SSSR count). The third-order valence-corrected chi connectivity index (χ3v) is 5.84. The second-order valence-electron chi connectivity index (χ2n) is 6.80. The van der Waals surface area contributed by atoms with Crippen LogP contribution >= 0.6 is 0 Å². The zero-order valence-corrected chi connectivity index (χ0v) is 20.1. The van der Waals surface area contributed by atoms with Crippen molar-refractivity contribution < 1.29 is 35.1 Å². The zero-order chi connectivity index (χ0) is 24.4. The van der Waals surface area contributed by atoms with E-state index in [1.54, 1.807) is 0 Å². The lowest BCUT2D eigenvalue weighted by Gasteiger charge is -2.09. The number of rotatable bonds is 4. The van der Waals surface area contributed by atoms with Crippen LogP contribution in [-0.2, 0) is 33.3 Å². The van der Waals surface area contributed by atoms with E-state index in [1.807, 2.05) is 0 Å². The molecule has 174 valence electrons. The summed E-state index contributed by atoms with van der Waals surface area (Å²) >= 11 is 0. The molecule has 0 unspecified atom stereocenters. The van der Waals surface area contributed by atoms with E-state index < -0.39 is 30.0 Å². The number of nitrogens with zero attached hydrogens (tertiary/aromatic N) is 2. The number of hydrogen-bond acceptors (Lipinski definition) is 6. The molecule has 0 aliphatic heterocycles. The first kappa shape index (κ1) is 27.4. The lowest BCUT2D eigenvalue weighted by Crippen LogP contribution is -2.30. The Bertz CT molecular complexity index is 1110. The first-order chi connectivity index (χ1) is 14.9. The summed E-state index contributed by atoms with van der Waals surface area (Å²) in [7, 11) is -9.22. The highest BCUT2D eigenvalue weighted by Gasteiger charge is 2.04. The Kier molecular flexibility index (Phi) is 10.6. The van der Waals surface area contributed by atoms with Crippen molar-refractivity contribution in [3.05, 3.63) is 84.4 Å². The predicted octanol–water partition coefficient (Wildman–Crippen LogP) is 2.10. The maximum Gasteiger partial charge on any atom is 0.171 e. The van der Waals surface area contributed by atoms with E-state index in [9.17, 15) is 25.9 Å². The molecule has 0 atom stereocenters. The number of benzene rings is 1. The van der Waals surface area contributed by atoms with Gasteiger partial charge in [-0.15, -0.1) is 0 Å². The Morgan fingerprint density at radius 3 is 1.16 bits per heavy atom. The third-order valence-electron chi connectivity index (χ3n) is 4.14. The molecule has 2 heterocycles. The first-order valence-electron chi connectivity index (χ1n) is 9.80. The maximum absolute atomic E-state index is 10.4. The fourth-order valence-electron chi connectivity index (χ4n) is 2.47. The Balaban J connectivity index is 0.000000250. The van der Waals surface area contributed by atoms with Crippen LogP contribution in [0.4, 0.5) is 0 Å². The third kappa shape index (κ3) is 10.1. The zero-order valence-electron chi connectivity index (χ0n) is 18.5. The smallest absolute Gasteiger partial charge is 0.171 e. The molecule has 0 spiro atoms.